The second-order valence-corrected chi connectivity index (χ2v) is 14.1. The zero-order valence-corrected chi connectivity index (χ0v) is 26.1. The van der Waals surface area contributed by atoms with E-state index < -0.39 is 46.9 Å². The van der Waals surface area contributed by atoms with Gasteiger partial charge in [-0.1, -0.05) is 37.1 Å². The molecule has 2 bridgehead atoms. The fourth-order valence-corrected chi connectivity index (χ4v) is 10.4. The molecule has 0 aromatic rings. The molecule has 4 aliphatic carbocycles. The van der Waals surface area contributed by atoms with Crippen molar-refractivity contribution in [2.45, 2.75) is 104 Å². The van der Waals surface area contributed by atoms with E-state index in [1.165, 1.54) is 13.8 Å². The van der Waals surface area contributed by atoms with Gasteiger partial charge in [0.05, 0.1) is 18.1 Å². The number of rotatable bonds is 6. The summed E-state index contributed by atoms with van der Waals surface area (Å²) in [6, 6.07) is 0. The summed E-state index contributed by atoms with van der Waals surface area (Å²) in [5.74, 6) is -2.51. The molecule has 9 nitrogen and oxygen atoms in total. The summed E-state index contributed by atoms with van der Waals surface area (Å²) in [6.07, 6.45) is 1.25. The van der Waals surface area contributed by atoms with Crippen molar-refractivity contribution in [3.05, 3.63) is 34.4 Å². The Balaban J connectivity index is 1.40. The van der Waals surface area contributed by atoms with E-state index in [0.29, 0.717) is 44.3 Å². The Morgan fingerprint density at radius 2 is 1.81 bits per heavy atom. The van der Waals surface area contributed by atoms with Crippen molar-refractivity contribution in [3.8, 4) is 0 Å². The first-order valence-electron chi connectivity index (χ1n) is 15.7. The fourth-order valence-electron chi connectivity index (χ4n) is 10.4. The van der Waals surface area contributed by atoms with Gasteiger partial charge in [-0.05, 0) is 63.4 Å². The zero-order chi connectivity index (χ0) is 31.2. The second kappa shape index (κ2) is 10.3. The van der Waals surface area contributed by atoms with Crippen LogP contribution in [0.25, 0.3) is 0 Å². The Bertz CT molecular complexity index is 1360. The maximum Gasteiger partial charge on any atom is 0.334 e. The molecule has 6 rings (SSSR count). The van der Waals surface area contributed by atoms with Gasteiger partial charge in [0, 0.05) is 49.0 Å². The summed E-state index contributed by atoms with van der Waals surface area (Å²) in [5.41, 5.74) is 2.89. The summed E-state index contributed by atoms with van der Waals surface area (Å²) >= 11 is 0. The Labute approximate surface area is 253 Å². The van der Waals surface area contributed by atoms with Crippen LogP contribution in [0.1, 0.15) is 80.1 Å². The topological polar surface area (TPSA) is 125 Å². The van der Waals surface area contributed by atoms with E-state index in [1.54, 1.807) is 0 Å². The van der Waals surface area contributed by atoms with E-state index >= 15 is 0 Å². The SMILES string of the molecule is C=C1C(=O)O[C@H]2C[C@H](C)[C@@]34C[C@]5(C(=O)O[C@@H]6CC(C)=C([C@H](C)CCCOC(C)=O)[C@@H](O)[C@H]65)[C@@H](C(C)=C3C[C@H]12)[C@@H]4OC(C)=O. The third-order valence-electron chi connectivity index (χ3n) is 12.0. The van der Waals surface area contributed by atoms with E-state index in [4.69, 9.17) is 18.9 Å². The summed E-state index contributed by atoms with van der Waals surface area (Å²) in [7, 11) is 0. The minimum Gasteiger partial charge on any atom is -0.466 e. The molecule has 2 saturated heterocycles. The average Bonchev–Trinajstić information content (AvgIpc) is 3.49. The summed E-state index contributed by atoms with van der Waals surface area (Å²) in [4.78, 5) is 50.6. The number of hydrogen-bond donors (Lipinski definition) is 1. The predicted octanol–water partition coefficient (Wildman–Crippen LogP) is 4.37. The van der Waals surface area contributed by atoms with Gasteiger partial charge in [0.25, 0.3) is 0 Å². The van der Waals surface area contributed by atoms with Crippen LogP contribution >= 0.6 is 0 Å². The molecule has 9 heteroatoms. The highest BCUT2D eigenvalue weighted by Gasteiger charge is 2.79. The summed E-state index contributed by atoms with van der Waals surface area (Å²) < 4.78 is 23.3. The molecule has 6 aliphatic rings. The standard InChI is InChI=1S/C34H44O9/c1-15(9-8-10-40-20(6)35)26-16(2)11-25-28(29(26)37)34(32(39)43-25)14-33-17(3)12-24-22(18(4)31(38)42-24)13-23(33)19(5)27(34)30(33)41-21(7)36/h15,17,22,24-25,27-30,37H,4,8-14H2,1-3,5-7H3/t15-,17+,22-,24+,25-,27+,28+,29-,30+,33+,34+/m1/s1. The van der Waals surface area contributed by atoms with Crippen molar-refractivity contribution in [2.75, 3.05) is 6.61 Å². The first kappa shape index (κ1) is 30.1. The highest BCUT2D eigenvalue weighted by atomic mass is 16.6. The minimum atomic E-state index is -1.05. The Kier molecular flexibility index (Phi) is 7.22. The van der Waals surface area contributed by atoms with Crippen LogP contribution < -0.4 is 0 Å². The normalized spacial score (nSPS) is 41.9. The van der Waals surface area contributed by atoms with Crippen LogP contribution in [0.3, 0.4) is 0 Å². The molecule has 43 heavy (non-hydrogen) atoms. The molecule has 0 radical (unpaired) electrons. The van der Waals surface area contributed by atoms with Gasteiger partial charge < -0.3 is 24.1 Å². The highest BCUT2D eigenvalue weighted by molar-refractivity contribution is 5.91. The van der Waals surface area contributed by atoms with Crippen molar-refractivity contribution in [1.29, 1.82) is 0 Å². The van der Waals surface area contributed by atoms with Crippen LogP contribution in [0.4, 0.5) is 0 Å². The Morgan fingerprint density at radius 3 is 2.49 bits per heavy atom. The maximum atomic E-state index is 14.2. The molecule has 4 fully saturated rings. The molecule has 0 unspecified atom stereocenters. The number of ether oxygens (including phenoxy) is 4. The predicted molar refractivity (Wildman–Crippen MR) is 154 cm³/mol. The molecule has 0 aromatic carbocycles. The van der Waals surface area contributed by atoms with Crippen molar-refractivity contribution in [2.24, 2.45) is 40.4 Å². The molecule has 2 spiro atoms. The lowest BCUT2D eigenvalue weighted by atomic mass is 9.55. The minimum absolute atomic E-state index is 0.0179. The fraction of sp³-hybridized carbons (Fsp3) is 0.706. The van der Waals surface area contributed by atoms with Gasteiger partial charge in [-0.15, -0.1) is 0 Å². The van der Waals surface area contributed by atoms with Crippen LogP contribution in [0.5, 0.6) is 0 Å². The van der Waals surface area contributed by atoms with Gasteiger partial charge in [0.1, 0.15) is 18.3 Å². The zero-order valence-electron chi connectivity index (χ0n) is 26.1. The van der Waals surface area contributed by atoms with E-state index in [9.17, 15) is 24.3 Å². The maximum absolute atomic E-state index is 14.2. The first-order chi connectivity index (χ1) is 20.2. The second-order valence-electron chi connectivity index (χ2n) is 14.1. The molecule has 2 aliphatic heterocycles. The van der Waals surface area contributed by atoms with Gasteiger partial charge >= 0.3 is 23.9 Å². The average molecular weight is 597 g/mol. The van der Waals surface area contributed by atoms with Crippen molar-refractivity contribution in [1.82, 2.24) is 0 Å². The lowest BCUT2D eigenvalue weighted by Crippen LogP contribution is -2.50. The highest BCUT2D eigenvalue weighted by Crippen LogP contribution is 2.76. The lowest BCUT2D eigenvalue weighted by Gasteiger charge is -2.45. The molecule has 1 N–H and O–H groups in total. The van der Waals surface area contributed by atoms with Crippen LogP contribution in [0.2, 0.25) is 0 Å². The molecular formula is C34H44O9. The van der Waals surface area contributed by atoms with E-state index in [2.05, 4.69) is 20.4 Å². The number of carbonyl (C=O) groups excluding carboxylic acids is 4. The van der Waals surface area contributed by atoms with Crippen molar-refractivity contribution in [3.63, 3.8) is 0 Å². The van der Waals surface area contributed by atoms with Crippen LogP contribution in [0, 0.1) is 40.4 Å². The molecule has 0 amide bonds. The third-order valence-corrected chi connectivity index (χ3v) is 12.0. The Morgan fingerprint density at radius 1 is 1.09 bits per heavy atom. The molecular weight excluding hydrogens is 552 g/mol. The summed E-state index contributed by atoms with van der Waals surface area (Å²) in [5, 5.41) is 12.2. The van der Waals surface area contributed by atoms with E-state index in [-0.39, 0.29) is 41.8 Å². The van der Waals surface area contributed by atoms with E-state index in [1.807, 2.05) is 13.8 Å². The molecule has 11 atom stereocenters. The van der Waals surface area contributed by atoms with Gasteiger partial charge in [-0.2, -0.15) is 0 Å². The third kappa shape index (κ3) is 4.12. The Hall–Kier alpha value is -2.94. The van der Waals surface area contributed by atoms with Crippen LogP contribution in [0.15, 0.2) is 34.4 Å². The molecule has 234 valence electrons. The number of carbonyl (C=O) groups is 4. The largest absolute Gasteiger partial charge is 0.466 e. The molecule has 2 heterocycles. The number of aliphatic hydroxyl groups is 1. The number of aliphatic hydroxyl groups excluding tert-OH is 1. The van der Waals surface area contributed by atoms with Gasteiger partial charge in [0.15, 0.2) is 0 Å². The number of esters is 4. The number of hydrogen-bond acceptors (Lipinski definition) is 9. The van der Waals surface area contributed by atoms with Crippen molar-refractivity contribution >= 4 is 23.9 Å². The van der Waals surface area contributed by atoms with Crippen LogP contribution in [-0.2, 0) is 38.1 Å². The lowest BCUT2D eigenvalue weighted by molar-refractivity contribution is -0.156. The smallest absolute Gasteiger partial charge is 0.334 e. The van der Waals surface area contributed by atoms with E-state index in [0.717, 1.165) is 28.7 Å². The van der Waals surface area contributed by atoms with Gasteiger partial charge in [0.2, 0.25) is 0 Å². The van der Waals surface area contributed by atoms with Crippen LogP contribution in [-0.4, -0.2) is 60.0 Å². The van der Waals surface area contributed by atoms with Gasteiger partial charge in [-0.25, -0.2) is 4.79 Å². The first-order valence-corrected chi connectivity index (χ1v) is 15.7. The monoisotopic (exact) mass is 596 g/mol. The molecule has 2 saturated carbocycles. The summed E-state index contributed by atoms with van der Waals surface area (Å²) in [6.45, 7) is 15.4. The van der Waals surface area contributed by atoms with Gasteiger partial charge in [-0.3, -0.25) is 14.4 Å². The quantitative estimate of drug-likeness (QED) is 0.156. The number of fused-ring (bicyclic) bond motifs is 5. The molecule has 0 aromatic heterocycles. The van der Waals surface area contributed by atoms with Crippen molar-refractivity contribution < 1.29 is 43.2 Å².